The van der Waals surface area contributed by atoms with Gasteiger partial charge in [-0.1, -0.05) is 5.16 Å². The Morgan fingerprint density at radius 3 is 3.12 bits per heavy atom. The molecule has 3 rings (SSSR count). The molecule has 2 heterocycles. The van der Waals surface area contributed by atoms with Crippen LogP contribution in [0.25, 0.3) is 0 Å². The Kier molecular flexibility index (Phi) is 2.88. The summed E-state index contributed by atoms with van der Waals surface area (Å²) in [6.07, 6.45) is 6.39. The number of rotatable bonds is 5. The topological polar surface area (TPSA) is 54.2 Å². The summed E-state index contributed by atoms with van der Waals surface area (Å²) in [4.78, 5) is 6.62. The summed E-state index contributed by atoms with van der Waals surface area (Å²) < 4.78 is 4.96. The number of hydrogen-bond donors (Lipinski definition) is 1. The Hall–Kier alpha value is -0.940. The van der Waals surface area contributed by atoms with Crippen molar-refractivity contribution < 1.29 is 4.52 Å². The molecule has 0 amide bonds. The van der Waals surface area contributed by atoms with E-state index in [9.17, 15) is 0 Å². The van der Waals surface area contributed by atoms with Crippen molar-refractivity contribution in [2.75, 3.05) is 19.6 Å². The van der Waals surface area contributed by atoms with Gasteiger partial charge < -0.3 is 9.84 Å². The molecular weight excluding hydrogens is 204 g/mol. The van der Waals surface area contributed by atoms with E-state index < -0.39 is 0 Å². The molecule has 0 aromatic carbocycles. The molecule has 1 aliphatic heterocycles. The van der Waals surface area contributed by atoms with E-state index in [0.29, 0.717) is 6.04 Å². The van der Waals surface area contributed by atoms with Gasteiger partial charge in [-0.15, -0.1) is 0 Å². The molecule has 1 unspecified atom stereocenters. The van der Waals surface area contributed by atoms with E-state index in [4.69, 9.17) is 4.52 Å². The molecule has 2 aliphatic rings. The molecule has 1 N–H and O–H groups in total. The van der Waals surface area contributed by atoms with E-state index in [1.165, 1.54) is 38.7 Å². The lowest BCUT2D eigenvalue weighted by Crippen LogP contribution is -2.34. The smallest absolute Gasteiger partial charge is 0.227 e. The van der Waals surface area contributed by atoms with Gasteiger partial charge in [0.25, 0.3) is 0 Å². The molecular formula is C11H18N4O. The fraction of sp³-hybridized carbons (Fsp3) is 0.818. The monoisotopic (exact) mass is 222 g/mol. The van der Waals surface area contributed by atoms with Crippen molar-refractivity contribution in [3.8, 4) is 0 Å². The maximum atomic E-state index is 4.96. The lowest BCUT2D eigenvalue weighted by molar-refractivity contribution is 0.316. The predicted octanol–water partition coefficient (Wildman–Crippen LogP) is 0.438. The zero-order valence-corrected chi connectivity index (χ0v) is 9.43. The zero-order chi connectivity index (χ0) is 10.8. The minimum atomic E-state index is 0.656. The van der Waals surface area contributed by atoms with Crippen LogP contribution in [-0.4, -0.2) is 46.8 Å². The summed E-state index contributed by atoms with van der Waals surface area (Å²) in [7, 11) is 0. The van der Waals surface area contributed by atoms with Gasteiger partial charge in [0.15, 0.2) is 6.33 Å². The molecule has 0 radical (unpaired) electrons. The van der Waals surface area contributed by atoms with E-state index in [1.54, 1.807) is 0 Å². The van der Waals surface area contributed by atoms with Crippen molar-refractivity contribution >= 4 is 0 Å². The number of likely N-dealkylation sites (tertiary alicyclic amines) is 1. The van der Waals surface area contributed by atoms with Crippen LogP contribution in [0.5, 0.6) is 0 Å². The first-order chi connectivity index (χ1) is 7.92. The molecule has 1 saturated heterocycles. The summed E-state index contributed by atoms with van der Waals surface area (Å²) in [5.74, 6) is 0.726. The first kappa shape index (κ1) is 10.2. The molecule has 1 aliphatic carbocycles. The molecule has 5 nitrogen and oxygen atoms in total. The average Bonchev–Trinajstić information content (AvgIpc) is 2.83. The highest BCUT2D eigenvalue weighted by atomic mass is 16.5. The van der Waals surface area contributed by atoms with Crippen LogP contribution in [0.1, 0.15) is 25.2 Å². The Labute approximate surface area is 95.2 Å². The van der Waals surface area contributed by atoms with E-state index in [1.807, 2.05) is 0 Å². The second-order valence-electron chi connectivity index (χ2n) is 4.75. The largest absolute Gasteiger partial charge is 0.340 e. The van der Waals surface area contributed by atoms with E-state index in [2.05, 4.69) is 20.4 Å². The van der Waals surface area contributed by atoms with Crippen molar-refractivity contribution in [1.82, 2.24) is 20.4 Å². The molecule has 1 atom stereocenters. The lowest BCUT2D eigenvalue weighted by atomic mass is 10.2. The van der Waals surface area contributed by atoms with Gasteiger partial charge in [-0.2, -0.15) is 4.98 Å². The summed E-state index contributed by atoms with van der Waals surface area (Å²) in [6, 6.07) is 1.56. The quantitative estimate of drug-likeness (QED) is 0.783. The fourth-order valence-corrected chi connectivity index (χ4v) is 2.41. The standard InChI is InChI=1S/C11H18N4O/c1-2-10(1)15-6-4-9(7-15)12-5-3-11-13-8-14-16-11/h8-10,12H,1-7H2. The normalized spacial score (nSPS) is 26.4. The molecule has 0 bridgehead atoms. The van der Waals surface area contributed by atoms with Gasteiger partial charge in [0.1, 0.15) is 0 Å². The highest BCUT2D eigenvalue weighted by molar-refractivity contribution is 4.92. The lowest BCUT2D eigenvalue weighted by Gasteiger charge is -2.15. The second kappa shape index (κ2) is 4.51. The predicted molar refractivity (Wildman–Crippen MR) is 59.0 cm³/mol. The maximum absolute atomic E-state index is 4.96. The van der Waals surface area contributed by atoms with Gasteiger partial charge in [-0.25, -0.2) is 0 Å². The van der Waals surface area contributed by atoms with Gasteiger partial charge >= 0.3 is 0 Å². The number of nitrogens with zero attached hydrogens (tertiary/aromatic N) is 3. The maximum Gasteiger partial charge on any atom is 0.227 e. The first-order valence-corrected chi connectivity index (χ1v) is 6.15. The van der Waals surface area contributed by atoms with E-state index in [0.717, 1.165) is 24.9 Å². The van der Waals surface area contributed by atoms with Gasteiger partial charge in [0.05, 0.1) is 0 Å². The molecule has 88 valence electrons. The van der Waals surface area contributed by atoms with Crippen LogP contribution < -0.4 is 5.32 Å². The second-order valence-corrected chi connectivity index (χ2v) is 4.75. The first-order valence-electron chi connectivity index (χ1n) is 6.15. The van der Waals surface area contributed by atoms with Crippen LogP contribution in [0.2, 0.25) is 0 Å². The van der Waals surface area contributed by atoms with E-state index in [-0.39, 0.29) is 0 Å². The molecule has 1 saturated carbocycles. The van der Waals surface area contributed by atoms with Crippen molar-refractivity contribution in [2.45, 2.75) is 37.8 Å². The molecule has 5 heteroatoms. The van der Waals surface area contributed by atoms with Crippen LogP contribution in [0.4, 0.5) is 0 Å². The number of hydrogen-bond acceptors (Lipinski definition) is 5. The van der Waals surface area contributed by atoms with Crippen LogP contribution in [0.3, 0.4) is 0 Å². The summed E-state index contributed by atoms with van der Waals surface area (Å²) in [5, 5.41) is 7.16. The minimum absolute atomic E-state index is 0.656. The highest BCUT2D eigenvalue weighted by Gasteiger charge is 2.33. The Bertz CT molecular complexity index is 323. The van der Waals surface area contributed by atoms with Crippen LogP contribution >= 0.6 is 0 Å². The zero-order valence-electron chi connectivity index (χ0n) is 9.43. The minimum Gasteiger partial charge on any atom is -0.340 e. The van der Waals surface area contributed by atoms with Crippen LogP contribution in [0, 0.1) is 0 Å². The van der Waals surface area contributed by atoms with Gasteiger partial charge in [0.2, 0.25) is 5.89 Å². The highest BCUT2D eigenvalue weighted by Crippen LogP contribution is 2.29. The summed E-state index contributed by atoms with van der Waals surface area (Å²) in [5.41, 5.74) is 0. The number of aromatic nitrogens is 2. The molecule has 2 fully saturated rings. The SMILES string of the molecule is c1noc(CCNC2CCN(C3CC3)C2)n1. The third-order valence-electron chi connectivity index (χ3n) is 3.46. The van der Waals surface area contributed by atoms with Crippen molar-refractivity contribution in [2.24, 2.45) is 0 Å². The fourth-order valence-electron chi connectivity index (χ4n) is 2.41. The van der Waals surface area contributed by atoms with Crippen LogP contribution in [-0.2, 0) is 6.42 Å². The summed E-state index contributed by atoms with van der Waals surface area (Å²) in [6.45, 7) is 3.42. The van der Waals surface area contributed by atoms with Gasteiger partial charge in [-0.3, -0.25) is 4.90 Å². The molecule has 1 aromatic heterocycles. The third kappa shape index (κ3) is 2.41. The third-order valence-corrected chi connectivity index (χ3v) is 3.46. The van der Waals surface area contributed by atoms with E-state index >= 15 is 0 Å². The Balaban J connectivity index is 1.36. The van der Waals surface area contributed by atoms with Crippen molar-refractivity contribution in [3.63, 3.8) is 0 Å². The molecule has 0 spiro atoms. The summed E-state index contributed by atoms with van der Waals surface area (Å²) >= 11 is 0. The van der Waals surface area contributed by atoms with Gasteiger partial charge in [-0.05, 0) is 19.3 Å². The number of nitrogens with one attached hydrogen (secondary N) is 1. The Morgan fingerprint density at radius 2 is 2.38 bits per heavy atom. The Morgan fingerprint density at radius 1 is 1.44 bits per heavy atom. The van der Waals surface area contributed by atoms with Crippen LogP contribution in [0.15, 0.2) is 10.9 Å². The molecule has 1 aromatic rings. The average molecular weight is 222 g/mol. The van der Waals surface area contributed by atoms with Gasteiger partial charge in [0, 0.05) is 38.1 Å². The van der Waals surface area contributed by atoms with Crippen molar-refractivity contribution in [3.05, 3.63) is 12.2 Å². The molecule has 16 heavy (non-hydrogen) atoms. The van der Waals surface area contributed by atoms with Crippen molar-refractivity contribution in [1.29, 1.82) is 0 Å².